The first-order valence-electron chi connectivity index (χ1n) is 7.16. The summed E-state index contributed by atoms with van der Waals surface area (Å²) in [4.78, 5) is 11.6. The van der Waals surface area contributed by atoms with Gasteiger partial charge in [-0.05, 0) is 31.0 Å². The highest BCUT2D eigenvalue weighted by Gasteiger charge is 2.23. The van der Waals surface area contributed by atoms with Crippen LogP contribution in [0, 0.1) is 0 Å². The van der Waals surface area contributed by atoms with Crippen molar-refractivity contribution in [2.24, 2.45) is 0 Å². The van der Waals surface area contributed by atoms with Gasteiger partial charge in [-0.15, -0.1) is 0 Å². The van der Waals surface area contributed by atoms with E-state index in [0.717, 1.165) is 12.8 Å². The number of carbonyl (C=O) groups excluding carboxylic acids is 1. The molecule has 3 heteroatoms. The molecule has 2 rings (SSSR count). The van der Waals surface area contributed by atoms with Gasteiger partial charge in [-0.1, -0.05) is 40.2 Å². The van der Waals surface area contributed by atoms with Gasteiger partial charge in [-0.25, -0.2) is 0 Å². The predicted molar refractivity (Wildman–Crippen MR) is 80.8 cm³/mol. The SMILES string of the molecule is CC.CCC.COc1cccc(C(=O)NC2CC2)c1. The molecule has 0 saturated heterocycles. The quantitative estimate of drug-likeness (QED) is 0.896. The molecular formula is C16H27NO2. The summed E-state index contributed by atoms with van der Waals surface area (Å²) in [6.07, 6.45) is 3.46. The van der Waals surface area contributed by atoms with Crippen LogP contribution in [0.15, 0.2) is 24.3 Å². The summed E-state index contributed by atoms with van der Waals surface area (Å²) in [5.74, 6) is 0.708. The van der Waals surface area contributed by atoms with Crippen molar-refractivity contribution in [2.75, 3.05) is 7.11 Å². The summed E-state index contributed by atoms with van der Waals surface area (Å²) in [5, 5.41) is 2.93. The maximum atomic E-state index is 11.6. The van der Waals surface area contributed by atoms with Crippen LogP contribution in [0.5, 0.6) is 5.75 Å². The van der Waals surface area contributed by atoms with Crippen LogP contribution in [-0.2, 0) is 0 Å². The molecule has 1 aromatic rings. The number of rotatable bonds is 3. The molecule has 0 radical (unpaired) electrons. The Kier molecular flexibility index (Phi) is 9.59. The fraction of sp³-hybridized carbons (Fsp3) is 0.562. The summed E-state index contributed by atoms with van der Waals surface area (Å²) >= 11 is 0. The maximum absolute atomic E-state index is 11.6. The van der Waals surface area contributed by atoms with Gasteiger partial charge in [0.2, 0.25) is 0 Å². The van der Waals surface area contributed by atoms with Gasteiger partial charge in [0.15, 0.2) is 0 Å². The summed E-state index contributed by atoms with van der Waals surface area (Å²) in [6.45, 7) is 8.25. The van der Waals surface area contributed by atoms with Gasteiger partial charge in [0.05, 0.1) is 7.11 Å². The second-order valence-corrected chi connectivity index (χ2v) is 4.19. The number of benzene rings is 1. The number of amides is 1. The zero-order chi connectivity index (χ0) is 14.7. The van der Waals surface area contributed by atoms with Gasteiger partial charge < -0.3 is 10.1 Å². The highest BCUT2D eigenvalue weighted by Crippen LogP contribution is 2.20. The van der Waals surface area contributed by atoms with Crippen molar-refractivity contribution in [3.8, 4) is 5.75 Å². The lowest BCUT2D eigenvalue weighted by Gasteiger charge is -2.04. The van der Waals surface area contributed by atoms with E-state index < -0.39 is 0 Å². The van der Waals surface area contributed by atoms with Crippen molar-refractivity contribution >= 4 is 5.91 Å². The second kappa shape index (κ2) is 10.4. The molecule has 0 heterocycles. The summed E-state index contributed by atoms with van der Waals surface area (Å²) < 4.78 is 5.05. The Morgan fingerprint density at radius 1 is 1.32 bits per heavy atom. The third-order valence-corrected chi connectivity index (χ3v) is 2.24. The molecule has 1 aliphatic rings. The average molecular weight is 265 g/mol. The zero-order valence-electron chi connectivity index (χ0n) is 12.8. The molecule has 1 amide bonds. The Morgan fingerprint density at radius 2 is 1.89 bits per heavy atom. The molecule has 19 heavy (non-hydrogen) atoms. The van der Waals surface area contributed by atoms with Crippen molar-refractivity contribution in [3.63, 3.8) is 0 Å². The topological polar surface area (TPSA) is 38.3 Å². The number of ether oxygens (including phenoxy) is 1. The number of carbonyl (C=O) groups is 1. The Labute approximate surface area is 117 Å². The molecule has 0 aliphatic heterocycles. The highest BCUT2D eigenvalue weighted by molar-refractivity contribution is 5.94. The van der Waals surface area contributed by atoms with E-state index in [9.17, 15) is 4.79 Å². The predicted octanol–water partition coefficient (Wildman–Crippen LogP) is 4.03. The lowest BCUT2D eigenvalue weighted by Crippen LogP contribution is -2.25. The van der Waals surface area contributed by atoms with Crippen molar-refractivity contribution < 1.29 is 9.53 Å². The van der Waals surface area contributed by atoms with Gasteiger partial charge in [0.1, 0.15) is 5.75 Å². The second-order valence-electron chi connectivity index (χ2n) is 4.19. The van der Waals surface area contributed by atoms with Crippen molar-refractivity contribution in [1.29, 1.82) is 0 Å². The number of nitrogens with one attached hydrogen (secondary N) is 1. The van der Waals surface area contributed by atoms with E-state index in [1.54, 1.807) is 19.2 Å². The van der Waals surface area contributed by atoms with Gasteiger partial charge in [-0.3, -0.25) is 4.79 Å². The largest absolute Gasteiger partial charge is 0.497 e. The van der Waals surface area contributed by atoms with E-state index in [2.05, 4.69) is 19.2 Å². The van der Waals surface area contributed by atoms with E-state index in [1.165, 1.54) is 6.42 Å². The normalized spacial score (nSPS) is 12.3. The smallest absolute Gasteiger partial charge is 0.251 e. The van der Waals surface area contributed by atoms with Crippen LogP contribution in [0.2, 0.25) is 0 Å². The highest BCUT2D eigenvalue weighted by atomic mass is 16.5. The van der Waals surface area contributed by atoms with Gasteiger partial charge >= 0.3 is 0 Å². The van der Waals surface area contributed by atoms with Gasteiger partial charge in [0.25, 0.3) is 5.91 Å². The van der Waals surface area contributed by atoms with Gasteiger partial charge in [0, 0.05) is 11.6 Å². The lowest BCUT2D eigenvalue weighted by molar-refractivity contribution is 0.0950. The van der Waals surface area contributed by atoms with Crippen molar-refractivity contribution in [3.05, 3.63) is 29.8 Å². The van der Waals surface area contributed by atoms with Crippen LogP contribution in [-0.4, -0.2) is 19.1 Å². The van der Waals surface area contributed by atoms with E-state index in [4.69, 9.17) is 4.74 Å². The first-order chi connectivity index (χ1) is 9.21. The minimum absolute atomic E-state index is 0.00796. The average Bonchev–Trinajstić information content (AvgIpc) is 3.26. The van der Waals surface area contributed by atoms with Crippen LogP contribution >= 0.6 is 0 Å². The molecule has 0 aromatic heterocycles. The molecule has 1 fully saturated rings. The zero-order valence-corrected chi connectivity index (χ0v) is 12.8. The maximum Gasteiger partial charge on any atom is 0.251 e. The molecule has 0 unspecified atom stereocenters. The van der Waals surface area contributed by atoms with Crippen LogP contribution in [0.3, 0.4) is 0 Å². The third kappa shape index (κ3) is 7.50. The molecule has 3 nitrogen and oxygen atoms in total. The van der Waals surface area contributed by atoms with Crippen LogP contribution in [0.1, 0.15) is 57.3 Å². The van der Waals surface area contributed by atoms with E-state index in [0.29, 0.717) is 17.4 Å². The monoisotopic (exact) mass is 265 g/mol. The van der Waals surface area contributed by atoms with Crippen LogP contribution in [0.25, 0.3) is 0 Å². The molecule has 0 spiro atoms. The fourth-order valence-electron chi connectivity index (χ4n) is 1.26. The molecule has 0 bridgehead atoms. The fourth-order valence-corrected chi connectivity index (χ4v) is 1.26. The summed E-state index contributed by atoms with van der Waals surface area (Å²) in [6, 6.07) is 7.58. The van der Waals surface area contributed by atoms with E-state index in [-0.39, 0.29) is 5.91 Å². The molecule has 1 saturated carbocycles. The van der Waals surface area contributed by atoms with E-state index in [1.807, 2.05) is 26.0 Å². The Hall–Kier alpha value is -1.51. The number of hydrogen-bond acceptors (Lipinski definition) is 2. The Morgan fingerprint density at radius 3 is 2.37 bits per heavy atom. The molecule has 1 aliphatic carbocycles. The third-order valence-electron chi connectivity index (χ3n) is 2.24. The number of hydrogen-bond donors (Lipinski definition) is 1. The van der Waals surface area contributed by atoms with Crippen LogP contribution < -0.4 is 10.1 Å². The minimum atomic E-state index is -0.00796. The molecule has 0 atom stereocenters. The van der Waals surface area contributed by atoms with Crippen molar-refractivity contribution in [2.45, 2.75) is 53.0 Å². The first kappa shape index (κ1) is 17.5. The molecule has 1 aromatic carbocycles. The first-order valence-corrected chi connectivity index (χ1v) is 7.16. The molecule has 108 valence electrons. The Balaban J connectivity index is 0.000000573. The molecular weight excluding hydrogens is 238 g/mol. The number of methoxy groups -OCH3 is 1. The molecule has 1 N–H and O–H groups in total. The standard InChI is InChI=1S/C11H13NO2.C3H8.C2H6/c1-14-10-4-2-3-8(7-10)11(13)12-9-5-6-9;1-3-2;1-2/h2-4,7,9H,5-6H2,1H3,(H,12,13);3H2,1-2H3;1-2H3. The van der Waals surface area contributed by atoms with Gasteiger partial charge in [-0.2, -0.15) is 0 Å². The summed E-state index contributed by atoms with van der Waals surface area (Å²) in [5.41, 5.74) is 0.663. The van der Waals surface area contributed by atoms with E-state index >= 15 is 0 Å². The summed E-state index contributed by atoms with van der Waals surface area (Å²) in [7, 11) is 1.60. The van der Waals surface area contributed by atoms with Crippen LogP contribution in [0.4, 0.5) is 0 Å². The Bertz CT molecular complexity index is 360. The van der Waals surface area contributed by atoms with Crippen molar-refractivity contribution in [1.82, 2.24) is 5.32 Å². The lowest BCUT2D eigenvalue weighted by atomic mass is 10.2. The minimum Gasteiger partial charge on any atom is -0.497 e.